The van der Waals surface area contributed by atoms with Crippen molar-refractivity contribution < 1.29 is 19.0 Å². The zero-order valence-corrected chi connectivity index (χ0v) is 14.1. The second kappa shape index (κ2) is 6.83. The highest BCUT2D eigenvalue weighted by Gasteiger charge is 2.14. The van der Waals surface area contributed by atoms with Crippen molar-refractivity contribution in [3.8, 4) is 17.2 Å². The van der Waals surface area contributed by atoms with E-state index in [-0.39, 0.29) is 12.7 Å². The third-order valence-corrected chi connectivity index (χ3v) is 4.13. The van der Waals surface area contributed by atoms with E-state index in [0.29, 0.717) is 13.0 Å². The van der Waals surface area contributed by atoms with Gasteiger partial charge in [-0.3, -0.25) is 4.79 Å². The first-order valence-corrected chi connectivity index (χ1v) is 7.86. The van der Waals surface area contributed by atoms with Gasteiger partial charge >= 0.3 is 0 Å². The van der Waals surface area contributed by atoms with Crippen LogP contribution in [0.1, 0.15) is 22.3 Å². The molecule has 5 heteroatoms. The number of methoxy groups -OCH3 is 1. The lowest BCUT2D eigenvalue weighted by Crippen LogP contribution is -2.24. The Kier molecular flexibility index (Phi) is 4.60. The molecule has 126 valence electrons. The summed E-state index contributed by atoms with van der Waals surface area (Å²) in [5, 5.41) is 2.95. The Bertz CT molecular complexity index is 770. The number of carbonyl (C=O) groups excluding carboxylic acids is 1. The number of hydrogen-bond donors (Lipinski definition) is 1. The standard InChI is InChI=1S/C19H21NO4/c1-12-7-17(22-3)13(2)6-15(12)9-19(21)20-10-14-4-5-16-18(8-14)24-11-23-16/h4-8H,9-11H2,1-3H3,(H,20,21). The van der Waals surface area contributed by atoms with Crippen molar-refractivity contribution in [2.24, 2.45) is 0 Å². The molecule has 1 N–H and O–H groups in total. The first-order chi connectivity index (χ1) is 11.6. The number of amides is 1. The monoisotopic (exact) mass is 327 g/mol. The van der Waals surface area contributed by atoms with Gasteiger partial charge in [0, 0.05) is 6.54 Å². The summed E-state index contributed by atoms with van der Waals surface area (Å²) >= 11 is 0. The normalized spacial score (nSPS) is 12.1. The van der Waals surface area contributed by atoms with Crippen LogP contribution in [0.25, 0.3) is 0 Å². The Hall–Kier alpha value is -2.69. The minimum atomic E-state index is -0.0136. The highest BCUT2D eigenvalue weighted by atomic mass is 16.7. The number of rotatable bonds is 5. The maximum absolute atomic E-state index is 12.2. The zero-order chi connectivity index (χ0) is 17.1. The maximum atomic E-state index is 12.2. The van der Waals surface area contributed by atoms with Crippen LogP contribution in [0.15, 0.2) is 30.3 Å². The van der Waals surface area contributed by atoms with Crippen LogP contribution in [0.3, 0.4) is 0 Å². The zero-order valence-electron chi connectivity index (χ0n) is 14.1. The number of hydrogen-bond acceptors (Lipinski definition) is 4. The molecular weight excluding hydrogens is 306 g/mol. The number of fused-ring (bicyclic) bond motifs is 1. The Labute approximate surface area is 141 Å². The number of carbonyl (C=O) groups is 1. The minimum Gasteiger partial charge on any atom is -0.496 e. The Balaban J connectivity index is 1.61. The quantitative estimate of drug-likeness (QED) is 0.917. The van der Waals surface area contributed by atoms with Gasteiger partial charge in [0.1, 0.15) is 5.75 Å². The number of ether oxygens (including phenoxy) is 3. The largest absolute Gasteiger partial charge is 0.496 e. The topological polar surface area (TPSA) is 56.8 Å². The van der Waals surface area contributed by atoms with E-state index in [2.05, 4.69) is 5.32 Å². The Morgan fingerprint density at radius 3 is 2.71 bits per heavy atom. The fraction of sp³-hybridized carbons (Fsp3) is 0.316. The molecule has 24 heavy (non-hydrogen) atoms. The Morgan fingerprint density at radius 1 is 1.12 bits per heavy atom. The average Bonchev–Trinajstić information content (AvgIpc) is 3.03. The van der Waals surface area contributed by atoms with Crippen LogP contribution < -0.4 is 19.5 Å². The predicted octanol–water partition coefficient (Wildman–Crippen LogP) is 2.90. The van der Waals surface area contributed by atoms with Gasteiger partial charge in [-0.25, -0.2) is 0 Å². The molecule has 0 bridgehead atoms. The van der Waals surface area contributed by atoms with Gasteiger partial charge in [-0.05, 0) is 54.3 Å². The van der Waals surface area contributed by atoms with Gasteiger partial charge in [0.25, 0.3) is 0 Å². The Morgan fingerprint density at radius 2 is 1.92 bits per heavy atom. The maximum Gasteiger partial charge on any atom is 0.231 e. The second-order valence-corrected chi connectivity index (χ2v) is 5.89. The van der Waals surface area contributed by atoms with Gasteiger partial charge < -0.3 is 19.5 Å². The number of benzene rings is 2. The van der Waals surface area contributed by atoms with E-state index in [1.165, 1.54) is 0 Å². The summed E-state index contributed by atoms with van der Waals surface area (Å²) in [6.45, 7) is 4.68. The van der Waals surface area contributed by atoms with Crippen molar-refractivity contribution in [3.05, 3.63) is 52.6 Å². The minimum absolute atomic E-state index is 0.0136. The van der Waals surface area contributed by atoms with Crippen molar-refractivity contribution in [1.29, 1.82) is 0 Å². The lowest BCUT2D eigenvalue weighted by molar-refractivity contribution is -0.120. The summed E-state index contributed by atoms with van der Waals surface area (Å²) in [5.41, 5.74) is 4.07. The summed E-state index contributed by atoms with van der Waals surface area (Å²) in [7, 11) is 1.65. The summed E-state index contributed by atoms with van der Waals surface area (Å²) in [5.74, 6) is 2.30. The van der Waals surface area contributed by atoms with Crippen LogP contribution in [0.2, 0.25) is 0 Å². The molecule has 0 unspecified atom stereocenters. The molecule has 0 atom stereocenters. The molecule has 0 spiro atoms. The molecular formula is C19H21NO4. The fourth-order valence-electron chi connectivity index (χ4n) is 2.75. The molecule has 2 aromatic carbocycles. The molecule has 1 aliphatic rings. The molecule has 3 rings (SSSR count). The fourth-order valence-corrected chi connectivity index (χ4v) is 2.75. The lowest BCUT2D eigenvalue weighted by atomic mass is 10.0. The third-order valence-electron chi connectivity index (χ3n) is 4.13. The third kappa shape index (κ3) is 3.45. The smallest absolute Gasteiger partial charge is 0.231 e. The van der Waals surface area contributed by atoms with E-state index in [9.17, 15) is 4.79 Å². The van der Waals surface area contributed by atoms with Crippen LogP contribution in [-0.2, 0) is 17.8 Å². The molecule has 0 saturated carbocycles. The van der Waals surface area contributed by atoms with E-state index in [4.69, 9.17) is 14.2 Å². The summed E-state index contributed by atoms with van der Waals surface area (Å²) in [6.07, 6.45) is 0.348. The van der Waals surface area contributed by atoms with Crippen LogP contribution in [0.5, 0.6) is 17.2 Å². The number of nitrogens with one attached hydrogen (secondary N) is 1. The van der Waals surface area contributed by atoms with Crippen LogP contribution in [0, 0.1) is 13.8 Å². The van der Waals surface area contributed by atoms with E-state index >= 15 is 0 Å². The van der Waals surface area contributed by atoms with Gasteiger partial charge in [0.05, 0.1) is 13.5 Å². The van der Waals surface area contributed by atoms with Crippen molar-refractivity contribution >= 4 is 5.91 Å². The first-order valence-electron chi connectivity index (χ1n) is 7.86. The number of aryl methyl sites for hydroxylation is 2. The summed E-state index contributed by atoms with van der Waals surface area (Å²) in [4.78, 5) is 12.2. The lowest BCUT2D eigenvalue weighted by Gasteiger charge is -2.12. The summed E-state index contributed by atoms with van der Waals surface area (Å²) in [6, 6.07) is 9.66. The van der Waals surface area contributed by atoms with E-state index in [1.54, 1.807) is 7.11 Å². The van der Waals surface area contributed by atoms with Crippen molar-refractivity contribution in [3.63, 3.8) is 0 Å². The molecule has 0 aromatic heterocycles. The first kappa shape index (κ1) is 16.2. The highest BCUT2D eigenvalue weighted by Crippen LogP contribution is 2.32. The van der Waals surface area contributed by atoms with Gasteiger partial charge in [-0.1, -0.05) is 12.1 Å². The van der Waals surface area contributed by atoms with Crippen LogP contribution in [-0.4, -0.2) is 19.8 Å². The van der Waals surface area contributed by atoms with Gasteiger partial charge in [-0.2, -0.15) is 0 Å². The second-order valence-electron chi connectivity index (χ2n) is 5.89. The molecule has 0 fully saturated rings. The predicted molar refractivity (Wildman–Crippen MR) is 90.6 cm³/mol. The van der Waals surface area contributed by atoms with Crippen LogP contribution in [0.4, 0.5) is 0 Å². The van der Waals surface area contributed by atoms with Gasteiger partial charge in [-0.15, -0.1) is 0 Å². The van der Waals surface area contributed by atoms with Crippen molar-refractivity contribution in [1.82, 2.24) is 5.32 Å². The van der Waals surface area contributed by atoms with E-state index in [0.717, 1.165) is 39.5 Å². The average molecular weight is 327 g/mol. The molecule has 1 aliphatic heterocycles. The van der Waals surface area contributed by atoms with Gasteiger partial charge in [0.15, 0.2) is 11.5 Å². The molecule has 5 nitrogen and oxygen atoms in total. The molecule has 1 heterocycles. The molecule has 0 aliphatic carbocycles. The van der Waals surface area contributed by atoms with E-state index in [1.807, 2.05) is 44.2 Å². The molecule has 0 saturated heterocycles. The van der Waals surface area contributed by atoms with Crippen molar-refractivity contribution in [2.45, 2.75) is 26.8 Å². The highest BCUT2D eigenvalue weighted by molar-refractivity contribution is 5.79. The van der Waals surface area contributed by atoms with Crippen LogP contribution >= 0.6 is 0 Å². The van der Waals surface area contributed by atoms with Crippen molar-refractivity contribution in [2.75, 3.05) is 13.9 Å². The SMILES string of the molecule is COc1cc(C)c(CC(=O)NCc2ccc3c(c2)OCO3)cc1C. The molecule has 1 amide bonds. The summed E-state index contributed by atoms with van der Waals surface area (Å²) < 4.78 is 15.9. The van der Waals surface area contributed by atoms with Gasteiger partial charge in [0.2, 0.25) is 12.7 Å². The molecule has 2 aromatic rings. The van der Waals surface area contributed by atoms with E-state index < -0.39 is 0 Å². The molecule has 0 radical (unpaired) electrons.